The van der Waals surface area contributed by atoms with Crippen LogP contribution in [0.3, 0.4) is 0 Å². The Labute approximate surface area is 167 Å². The van der Waals surface area contributed by atoms with Crippen LogP contribution in [0.4, 0.5) is 9.93 Å². The molecule has 6 nitrogen and oxygen atoms in total. The number of hydrogen-bond acceptors (Lipinski definition) is 6. The van der Waals surface area contributed by atoms with E-state index >= 15 is 0 Å². The normalized spacial score (nSPS) is 15.1. The summed E-state index contributed by atoms with van der Waals surface area (Å²) in [5, 5.41) is 12.4. The van der Waals surface area contributed by atoms with Crippen LogP contribution in [0.2, 0.25) is 0 Å². The van der Waals surface area contributed by atoms with Gasteiger partial charge in [0.25, 0.3) is 0 Å². The molecule has 2 heterocycles. The fourth-order valence-electron chi connectivity index (χ4n) is 2.97. The molecule has 4 rings (SSSR count). The van der Waals surface area contributed by atoms with Crippen LogP contribution in [-0.2, 0) is 10.2 Å². The number of hydrogen-bond donors (Lipinski definition) is 1. The van der Waals surface area contributed by atoms with Gasteiger partial charge in [0.1, 0.15) is 15.9 Å². The second-order valence-electron chi connectivity index (χ2n) is 7.94. The zero-order chi connectivity index (χ0) is 19.9. The molecular weight excluding hydrogens is 372 g/mol. The van der Waals surface area contributed by atoms with E-state index in [-0.39, 0.29) is 5.41 Å². The quantitative estimate of drug-likeness (QED) is 0.657. The number of anilines is 1. The smallest absolute Gasteiger partial charge is 0.413 e. The third-order valence-corrected chi connectivity index (χ3v) is 5.44. The molecule has 1 fully saturated rings. The molecule has 2 aromatic heterocycles. The average molecular weight is 392 g/mol. The summed E-state index contributed by atoms with van der Waals surface area (Å²) in [6.45, 7) is 5.43. The molecule has 0 unspecified atom stereocenters. The topological polar surface area (TPSA) is 87.9 Å². The molecule has 0 saturated heterocycles. The molecule has 0 bridgehead atoms. The average Bonchev–Trinajstić information content (AvgIpc) is 3.34. The predicted octanol–water partition coefficient (Wildman–Crippen LogP) is 5.26. The highest BCUT2D eigenvalue weighted by molar-refractivity contribution is 7.21. The summed E-state index contributed by atoms with van der Waals surface area (Å²) in [6.07, 6.45) is 1.33. The van der Waals surface area contributed by atoms with Crippen LogP contribution < -0.4 is 5.32 Å². The van der Waals surface area contributed by atoms with Crippen LogP contribution in [0.25, 0.3) is 21.6 Å². The fraction of sp³-hybridized carbons (Fsp3) is 0.333. The van der Waals surface area contributed by atoms with Gasteiger partial charge in [-0.15, -0.1) is 0 Å². The zero-order valence-corrected chi connectivity index (χ0v) is 16.8. The number of carbonyl (C=O) groups is 1. The summed E-state index contributed by atoms with van der Waals surface area (Å²) in [5.41, 5.74) is 2.75. The van der Waals surface area contributed by atoms with Crippen molar-refractivity contribution in [3.05, 3.63) is 42.0 Å². The molecule has 0 aliphatic heterocycles. The lowest BCUT2D eigenvalue weighted by Gasteiger charge is -2.18. The first-order valence-corrected chi connectivity index (χ1v) is 9.89. The Balaban J connectivity index is 1.55. The minimum absolute atomic E-state index is 0.282. The van der Waals surface area contributed by atoms with Crippen molar-refractivity contribution in [2.24, 2.45) is 0 Å². The summed E-state index contributed by atoms with van der Waals surface area (Å²) in [6, 6.07) is 14.2. The molecule has 1 aliphatic carbocycles. The molecule has 1 saturated carbocycles. The number of nitrogens with zero attached hydrogens (tertiary/aromatic N) is 3. The van der Waals surface area contributed by atoms with Gasteiger partial charge < -0.3 is 4.74 Å². The number of nitrogens with one attached hydrogen (secondary N) is 1. The molecular formula is C21H20N4O2S. The first-order chi connectivity index (χ1) is 13.3. The lowest BCUT2D eigenvalue weighted by molar-refractivity contribution is 0.0636. The SMILES string of the molecule is CC(C)(C)OC(=O)Nc1nc2ccc(-c3ccc(C4(C#N)CC4)cc3)nc2s1. The van der Waals surface area contributed by atoms with Crippen molar-refractivity contribution in [3.8, 4) is 17.3 Å². The Morgan fingerprint density at radius 2 is 1.89 bits per heavy atom. The second kappa shape index (κ2) is 6.57. The number of amides is 1. The molecule has 7 heteroatoms. The second-order valence-corrected chi connectivity index (χ2v) is 8.92. The summed E-state index contributed by atoms with van der Waals surface area (Å²) in [5.74, 6) is 0. The van der Waals surface area contributed by atoms with Gasteiger partial charge in [0, 0.05) is 5.56 Å². The minimum atomic E-state index is -0.567. The van der Waals surface area contributed by atoms with Gasteiger partial charge in [-0.2, -0.15) is 5.26 Å². The molecule has 1 N–H and O–H groups in total. The minimum Gasteiger partial charge on any atom is -0.444 e. The van der Waals surface area contributed by atoms with E-state index in [9.17, 15) is 10.1 Å². The summed E-state index contributed by atoms with van der Waals surface area (Å²) >= 11 is 1.30. The number of aromatic nitrogens is 2. The van der Waals surface area contributed by atoms with E-state index in [1.54, 1.807) is 0 Å². The van der Waals surface area contributed by atoms with Crippen molar-refractivity contribution in [1.29, 1.82) is 5.26 Å². The molecule has 0 atom stereocenters. The Morgan fingerprint density at radius 1 is 1.18 bits per heavy atom. The van der Waals surface area contributed by atoms with Gasteiger partial charge in [-0.3, -0.25) is 5.32 Å². The Hall–Kier alpha value is -2.98. The first-order valence-electron chi connectivity index (χ1n) is 9.08. The van der Waals surface area contributed by atoms with E-state index in [2.05, 4.69) is 21.4 Å². The zero-order valence-electron chi connectivity index (χ0n) is 15.9. The largest absolute Gasteiger partial charge is 0.444 e. The van der Waals surface area contributed by atoms with Crippen molar-refractivity contribution in [3.63, 3.8) is 0 Å². The van der Waals surface area contributed by atoms with Gasteiger partial charge in [-0.1, -0.05) is 35.6 Å². The third-order valence-electron chi connectivity index (χ3n) is 4.56. The first kappa shape index (κ1) is 18.4. The van der Waals surface area contributed by atoms with E-state index in [1.165, 1.54) is 11.3 Å². The van der Waals surface area contributed by atoms with Gasteiger partial charge in [0.2, 0.25) is 0 Å². The van der Waals surface area contributed by atoms with Gasteiger partial charge in [0.15, 0.2) is 5.13 Å². The molecule has 0 radical (unpaired) electrons. The standard InChI is InChI=1S/C21H20N4O2S/c1-20(2,3)27-19(26)25-18-24-16-9-8-15(23-17(16)28-18)13-4-6-14(7-5-13)21(12-22)10-11-21/h4-9H,10-11H2,1-3H3,(H,24,25,26). The maximum atomic E-state index is 11.9. The number of thiazole rings is 1. The highest BCUT2D eigenvalue weighted by Gasteiger charge is 2.44. The van der Waals surface area contributed by atoms with Gasteiger partial charge in [-0.25, -0.2) is 14.8 Å². The monoisotopic (exact) mass is 392 g/mol. The van der Waals surface area contributed by atoms with Crippen LogP contribution in [-0.4, -0.2) is 21.7 Å². The summed E-state index contributed by atoms with van der Waals surface area (Å²) < 4.78 is 5.26. The molecule has 28 heavy (non-hydrogen) atoms. The molecule has 1 amide bonds. The van der Waals surface area contributed by atoms with Gasteiger partial charge >= 0.3 is 6.09 Å². The molecule has 1 aliphatic rings. The summed E-state index contributed by atoms with van der Waals surface area (Å²) in [4.78, 5) is 21.7. The molecule has 3 aromatic rings. The van der Waals surface area contributed by atoms with E-state index in [0.29, 0.717) is 5.13 Å². The van der Waals surface area contributed by atoms with E-state index in [4.69, 9.17) is 4.74 Å². The third kappa shape index (κ3) is 3.69. The van der Waals surface area contributed by atoms with Gasteiger partial charge in [-0.05, 0) is 51.3 Å². The number of benzene rings is 1. The highest BCUT2D eigenvalue weighted by Crippen LogP contribution is 2.47. The molecule has 142 valence electrons. The van der Waals surface area contributed by atoms with Crippen LogP contribution in [0.15, 0.2) is 36.4 Å². The number of nitriles is 1. The number of ether oxygens (including phenoxy) is 1. The number of carbonyl (C=O) groups excluding carboxylic acids is 1. The number of fused-ring (bicyclic) bond motifs is 1. The van der Waals surface area contributed by atoms with Crippen molar-refractivity contribution < 1.29 is 9.53 Å². The molecule has 0 spiro atoms. The number of rotatable bonds is 3. The fourth-order valence-corrected chi connectivity index (χ4v) is 3.80. The van der Waals surface area contributed by atoms with Crippen molar-refractivity contribution >= 4 is 32.9 Å². The predicted molar refractivity (Wildman–Crippen MR) is 109 cm³/mol. The van der Waals surface area contributed by atoms with Crippen LogP contribution in [0.5, 0.6) is 0 Å². The summed E-state index contributed by atoms with van der Waals surface area (Å²) in [7, 11) is 0. The van der Waals surface area contributed by atoms with Crippen molar-refractivity contribution in [2.45, 2.75) is 44.6 Å². The van der Waals surface area contributed by atoms with Crippen molar-refractivity contribution in [1.82, 2.24) is 9.97 Å². The Morgan fingerprint density at radius 3 is 2.50 bits per heavy atom. The Kier molecular flexibility index (Phi) is 4.31. The lowest BCUT2D eigenvalue weighted by Crippen LogP contribution is -2.27. The molecule has 1 aromatic carbocycles. The van der Waals surface area contributed by atoms with E-state index < -0.39 is 11.7 Å². The van der Waals surface area contributed by atoms with Crippen LogP contribution in [0, 0.1) is 11.3 Å². The maximum absolute atomic E-state index is 11.9. The lowest BCUT2D eigenvalue weighted by atomic mass is 9.96. The van der Waals surface area contributed by atoms with Crippen LogP contribution in [0.1, 0.15) is 39.2 Å². The Bertz CT molecular complexity index is 1090. The van der Waals surface area contributed by atoms with Gasteiger partial charge in [0.05, 0.1) is 17.2 Å². The highest BCUT2D eigenvalue weighted by atomic mass is 32.1. The van der Waals surface area contributed by atoms with E-state index in [0.717, 1.165) is 40.0 Å². The van der Waals surface area contributed by atoms with Crippen molar-refractivity contribution in [2.75, 3.05) is 5.32 Å². The van der Waals surface area contributed by atoms with Crippen LogP contribution >= 0.6 is 11.3 Å². The van der Waals surface area contributed by atoms with E-state index in [1.807, 2.05) is 57.2 Å². The maximum Gasteiger partial charge on any atom is 0.413 e. The number of pyridine rings is 1.